The van der Waals surface area contributed by atoms with Crippen molar-refractivity contribution in [1.82, 2.24) is 30.2 Å². The molecule has 2 aromatic carbocycles. The normalized spacial score (nSPS) is 15.3. The first-order chi connectivity index (χ1) is 22.0. The summed E-state index contributed by atoms with van der Waals surface area (Å²) in [4.78, 5) is 30.1. The molecule has 0 radical (unpaired) electrons. The van der Waals surface area contributed by atoms with Crippen molar-refractivity contribution >= 4 is 17.1 Å². The Morgan fingerprint density at radius 3 is 2.38 bits per heavy atom. The number of nitrogens with zero attached hydrogens (tertiary/aromatic N) is 3. The Bertz CT molecular complexity index is 1700. The van der Waals surface area contributed by atoms with Crippen LogP contribution in [0.5, 0.6) is 0 Å². The predicted octanol–water partition coefficient (Wildman–Crippen LogP) is 8.21. The lowest BCUT2D eigenvalue weighted by Gasteiger charge is -2.27. The van der Waals surface area contributed by atoms with Crippen LogP contribution >= 0.6 is 0 Å². The van der Waals surface area contributed by atoms with Crippen molar-refractivity contribution in [1.29, 1.82) is 0 Å². The summed E-state index contributed by atoms with van der Waals surface area (Å²) >= 11 is 0. The van der Waals surface area contributed by atoms with Gasteiger partial charge < -0.3 is 20.0 Å². The number of terminal acetylenes is 1. The van der Waals surface area contributed by atoms with Crippen LogP contribution in [0.25, 0.3) is 22.3 Å². The molecule has 0 aliphatic heterocycles. The summed E-state index contributed by atoms with van der Waals surface area (Å²) in [6.45, 7) is 18.9. The predicted molar refractivity (Wildman–Crippen MR) is 190 cm³/mol. The minimum absolute atomic E-state index is 0. The molecular formula is C38H49FN6O2. The maximum Gasteiger partial charge on any atom is 0.410 e. The van der Waals surface area contributed by atoms with Gasteiger partial charge in [-0.15, -0.1) is 26.0 Å². The van der Waals surface area contributed by atoms with Crippen molar-refractivity contribution in [3.05, 3.63) is 84.3 Å². The molecule has 1 saturated carbocycles. The van der Waals surface area contributed by atoms with Gasteiger partial charge in [0.2, 0.25) is 0 Å². The molecule has 1 fully saturated rings. The highest BCUT2D eigenvalue weighted by atomic mass is 19.1. The van der Waals surface area contributed by atoms with E-state index in [0.717, 1.165) is 35.3 Å². The molecule has 8 nitrogen and oxygen atoms in total. The van der Waals surface area contributed by atoms with Crippen LogP contribution in [0, 0.1) is 36.4 Å². The molecular weight excluding hydrogens is 591 g/mol. The Labute approximate surface area is 279 Å². The van der Waals surface area contributed by atoms with Gasteiger partial charge in [-0.3, -0.25) is 4.90 Å². The number of hydrogen-bond donors (Lipinski definition) is 3. The van der Waals surface area contributed by atoms with E-state index in [4.69, 9.17) is 4.74 Å². The van der Waals surface area contributed by atoms with Crippen LogP contribution in [-0.4, -0.2) is 48.6 Å². The zero-order valence-electron chi connectivity index (χ0n) is 27.7. The number of fused-ring (bicyclic) bond motifs is 1. The molecule has 0 spiro atoms. The molecule has 1 aliphatic rings. The van der Waals surface area contributed by atoms with E-state index in [-0.39, 0.29) is 26.1 Å². The largest absolute Gasteiger partial charge is 0.444 e. The van der Waals surface area contributed by atoms with Crippen LogP contribution in [0.3, 0.4) is 0 Å². The van der Waals surface area contributed by atoms with Gasteiger partial charge >= 0.3 is 6.09 Å². The fourth-order valence-electron chi connectivity index (χ4n) is 4.71. The molecule has 1 amide bonds. The van der Waals surface area contributed by atoms with Crippen LogP contribution in [0.2, 0.25) is 0 Å². The molecule has 5 rings (SSSR count). The van der Waals surface area contributed by atoms with E-state index in [0.29, 0.717) is 41.1 Å². The molecule has 0 saturated heterocycles. The fraction of sp³-hybridized carbons (Fsp3) is 0.395. The average Bonchev–Trinajstić information content (AvgIpc) is 3.39. The van der Waals surface area contributed by atoms with Crippen molar-refractivity contribution in [2.24, 2.45) is 5.92 Å². The van der Waals surface area contributed by atoms with Gasteiger partial charge in [0.1, 0.15) is 23.1 Å². The molecule has 0 bridgehead atoms. The Hall–Kier alpha value is -4.86. The van der Waals surface area contributed by atoms with Gasteiger partial charge in [0.05, 0.1) is 36.0 Å². The van der Waals surface area contributed by atoms with Crippen LogP contribution < -0.4 is 5.32 Å². The highest BCUT2D eigenvalue weighted by molar-refractivity contribution is 5.77. The molecule has 2 aromatic heterocycles. The molecule has 47 heavy (non-hydrogen) atoms. The van der Waals surface area contributed by atoms with Gasteiger partial charge in [-0.25, -0.2) is 19.2 Å². The molecule has 3 atom stereocenters. The van der Waals surface area contributed by atoms with E-state index >= 15 is 4.39 Å². The van der Waals surface area contributed by atoms with Crippen molar-refractivity contribution in [2.75, 3.05) is 0 Å². The van der Waals surface area contributed by atoms with E-state index < -0.39 is 11.4 Å². The number of ether oxygens (including phenoxy) is 1. The first kappa shape index (κ1) is 38.3. The monoisotopic (exact) mass is 640 g/mol. The number of benzene rings is 2. The van der Waals surface area contributed by atoms with Crippen molar-refractivity contribution in [3.8, 4) is 35.9 Å². The number of carbonyl (C=O) groups is 1. The van der Waals surface area contributed by atoms with Crippen LogP contribution in [0.4, 0.5) is 9.18 Å². The average molecular weight is 641 g/mol. The van der Waals surface area contributed by atoms with E-state index in [2.05, 4.69) is 83.9 Å². The third-order valence-electron chi connectivity index (χ3n) is 7.42. The summed E-state index contributed by atoms with van der Waals surface area (Å²) in [5.41, 5.74) is 3.53. The number of amides is 1. The summed E-state index contributed by atoms with van der Waals surface area (Å²) in [5, 5.41) is 3.44. The highest BCUT2D eigenvalue weighted by Crippen LogP contribution is 2.36. The van der Waals surface area contributed by atoms with Crippen LogP contribution in [-0.2, 0) is 17.8 Å². The number of aromatic nitrogens is 4. The first-order valence-corrected chi connectivity index (χ1v) is 15.4. The SMILES string of the molecule is C.C#C.C=C.CCC(C)NCc1nc2ccc(C#Cc3ccc(-c4cnc(CN(C(=O)OC(C)(C)C)[C@@H]5CC5C)[nH]4)c(F)c3)cc2[nH]1. The van der Waals surface area contributed by atoms with Gasteiger partial charge in [-0.05, 0) is 82.9 Å². The van der Waals surface area contributed by atoms with E-state index in [1.165, 1.54) is 6.07 Å². The second-order valence-electron chi connectivity index (χ2n) is 12.2. The lowest BCUT2D eigenvalue weighted by molar-refractivity contribution is 0.0203. The molecule has 4 aromatic rings. The Kier molecular flexibility index (Phi) is 14.0. The standard InChI is InChI=1S/C33H39FN6O2.C2H4.C2H2.CH4/c1-7-21(3)35-18-30-37-26-13-11-23(16-27(26)38-30)9-8-22-10-12-24(25(34)15-22)28-17-36-31(39-28)19-40(29-14-20(29)2)32(41)42-33(4,5)6;2*1-2;/h10-13,15-17,20-21,29,35H,7,14,18-19H2,1-6H3,(H,36,39)(H,37,38);1-2H2;1-2H;1H4/t20?,21?,29-;;;/m1.../s1. The zero-order chi connectivity index (χ0) is 34.0. The smallest absolute Gasteiger partial charge is 0.410 e. The number of hydrogen-bond acceptors (Lipinski definition) is 5. The number of imidazole rings is 2. The van der Waals surface area contributed by atoms with Crippen molar-refractivity contribution in [3.63, 3.8) is 0 Å². The topological polar surface area (TPSA) is 98.9 Å². The lowest BCUT2D eigenvalue weighted by atomic mass is 10.1. The first-order valence-electron chi connectivity index (χ1n) is 15.4. The second kappa shape index (κ2) is 17.2. The number of H-pyrrole nitrogens is 2. The molecule has 2 unspecified atom stereocenters. The number of nitrogens with one attached hydrogen (secondary N) is 3. The van der Waals surface area contributed by atoms with Gasteiger partial charge in [0.25, 0.3) is 0 Å². The number of carbonyl (C=O) groups excluding carboxylic acids is 1. The van der Waals surface area contributed by atoms with Crippen LogP contribution in [0.1, 0.15) is 84.6 Å². The summed E-state index contributed by atoms with van der Waals surface area (Å²) in [6, 6.07) is 11.3. The van der Waals surface area contributed by atoms with Crippen molar-refractivity contribution < 1.29 is 13.9 Å². The number of aromatic amines is 2. The molecule has 9 heteroatoms. The van der Waals surface area contributed by atoms with Crippen LogP contribution in [0.15, 0.2) is 55.8 Å². The molecule has 1 aliphatic carbocycles. The quantitative estimate of drug-likeness (QED) is 0.133. The summed E-state index contributed by atoms with van der Waals surface area (Å²) in [5.74, 6) is 7.66. The third kappa shape index (κ3) is 10.6. The van der Waals surface area contributed by atoms with Crippen molar-refractivity contribution in [2.45, 2.75) is 92.6 Å². The molecule has 2 heterocycles. The Balaban J connectivity index is 0.00000148. The van der Waals surface area contributed by atoms with Gasteiger partial charge in [0.15, 0.2) is 0 Å². The Morgan fingerprint density at radius 1 is 1.15 bits per heavy atom. The summed E-state index contributed by atoms with van der Waals surface area (Å²) < 4.78 is 20.8. The minimum atomic E-state index is -0.588. The maximum absolute atomic E-state index is 15.2. The summed E-state index contributed by atoms with van der Waals surface area (Å²) in [6.07, 6.45) is 11.2. The summed E-state index contributed by atoms with van der Waals surface area (Å²) in [7, 11) is 0. The highest BCUT2D eigenvalue weighted by Gasteiger charge is 2.42. The molecule has 250 valence electrons. The van der Waals surface area contributed by atoms with Gasteiger partial charge in [-0.1, -0.05) is 33.1 Å². The second-order valence-corrected chi connectivity index (χ2v) is 12.2. The number of rotatable bonds is 8. The maximum atomic E-state index is 15.2. The Morgan fingerprint density at radius 2 is 1.79 bits per heavy atom. The van der Waals surface area contributed by atoms with Gasteiger partial charge in [0, 0.05) is 28.8 Å². The third-order valence-corrected chi connectivity index (χ3v) is 7.42. The van der Waals surface area contributed by atoms with E-state index in [1.54, 1.807) is 23.2 Å². The van der Waals surface area contributed by atoms with Gasteiger partial charge in [-0.2, -0.15) is 0 Å². The molecule has 3 N–H and O–H groups in total. The fourth-order valence-corrected chi connectivity index (χ4v) is 4.71. The zero-order valence-corrected chi connectivity index (χ0v) is 27.7. The number of halogens is 1. The van der Waals surface area contributed by atoms with E-state index in [1.807, 2.05) is 39.0 Å². The lowest BCUT2D eigenvalue weighted by Crippen LogP contribution is -2.38. The minimum Gasteiger partial charge on any atom is -0.444 e. The van der Waals surface area contributed by atoms with E-state index in [9.17, 15) is 4.79 Å².